The largest absolute Gasteiger partial charge is 0.438 e. The van der Waals surface area contributed by atoms with Crippen LogP contribution in [0.2, 0.25) is 0 Å². The first-order valence-corrected chi connectivity index (χ1v) is 9.11. The molecule has 152 valence electrons. The summed E-state index contributed by atoms with van der Waals surface area (Å²) in [6.45, 7) is 5.37. The molecule has 0 fully saturated rings. The highest BCUT2D eigenvalue weighted by Gasteiger charge is 2.38. The Morgan fingerprint density at radius 1 is 1.17 bits per heavy atom. The van der Waals surface area contributed by atoms with E-state index in [2.05, 4.69) is 4.98 Å². The van der Waals surface area contributed by atoms with Crippen molar-refractivity contribution in [2.75, 3.05) is 11.4 Å². The molecular weight excluding hydrogens is 383 g/mol. The van der Waals surface area contributed by atoms with E-state index in [-0.39, 0.29) is 11.0 Å². The first-order valence-electron chi connectivity index (χ1n) is 9.11. The molecule has 3 aromatic rings. The normalized spacial score (nSPS) is 12.8. The Labute approximate surface area is 165 Å². The van der Waals surface area contributed by atoms with E-state index in [1.165, 1.54) is 30.0 Å². The predicted octanol–water partition coefficient (Wildman–Crippen LogP) is 4.34. The van der Waals surface area contributed by atoms with Gasteiger partial charge in [0.05, 0.1) is 11.0 Å². The third-order valence-corrected chi connectivity index (χ3v) is 4.70. The Hall–Kier alpha value is -3.16. The number of para-hydroxylation sites is 2. The number of carbonyl (C=O) groups excluding carboxylic acids is 1. The van der Waals surface area contributed by atoms with Crippen LogP contribution in [0.4, 0.5) is 18.9 Å². The van der Waals surface area contributed by atoms with Crippen LogP contribution in [0.1, 0.15) is 31.1 Å². The van der Waals surface area contributed by atoms with Crippen LogP contribution in [-0.2, 0) is 11.0 Å². The van der Waals surface area contributed by atoms with Crippen LogP contribution in [0.25, 0.3) is 11.0 Å². The number of alkyl halides is 3. The van der Waals surface area contributed by atoms with Crippen LogP contribution in [0.15, 0.2) is 53.3 Å². The number of likely N-dealkylation sites (N-methyl/N-ethyl adjacent to an activating group) is 1. The zero-order valence-electron chi connectivity index (χ0n) is 16.2. The quantitative estimate of drug-likeness (QED) is 0.651. The van der Waals surface area contributed by atoms with Crippen molar-refractivity contribution in [2.45, 2.75) is 33.0 Å². The summed E-state index contributed by atoms with van der Waals surface area (Å²) in [7, 11) is 0. The number of halogens is 3. The maximum absolute atomic E-state index is 13.4. The number of aromatic nitrogens is 2. The third-order valence-electron chi connectivity index (χ3n) is 4.70. The van der Waals surface area contributed by atoms with E-state index < -0.39 is 29.4 Å². The molecular formula is C21H20F3N3O2. The van der Waals surface area contributed by atoms with E-state index >= 15 is 0 Å². The van der Waals surface area contributed by atoms with Crippen molar-refractivity contribution in [3.8, 4) is 0 Å². The van der Waals surface area contributed by atoms with Gasteiger partial charge in [-0.15, -0.1) is 0 Å². The Morgan fingerprint density at radius 2 is 1.86 bits per heavy atom. The summed E-state index contributed by atoms with van der Waals surface area (Å²) in [5.41, 5.74) is -1.14. The minimum atomic E-state index is -4.92. The molecule has 29 heavy (non-hydrogen) atoms. The minimum absolute atomic E-state index is 0.00215. The number of fused-ring (bicyclic) bond motifs is 1. The molecule has 0 aliphatic carbocycles. The molecule has 0 saturated carbocycles. The van der Waals surface area contributed by atoms with Crippen LogP contribution in [0, 0.1) is 6.92 Å². The summed E-state index contributed by atoms with van der Waals surface area (Å²) in [4.78, 5) is 30.8. The molecule has 0 radical (unpaired) electrons. The number of anilines is 1. The van der Waals surface area contributed by atoms with Gasteiger partial charge in [0.2, 0.25) is 11.6 Å². The maximum Gasteiger partial charge on any atom is 0.438 e. The Balaban J connectivity index is 2.17. The van der Waals surface area contributed by atoms with Crippen molar-refractivity contribution in [1.82, 2.24) is 9.55 Å². The van der Waals surface area contributed by atoms with Gasteiger partial charge >= 0.3 is 6.18 Å². The zero-order valence-corrected chi connectivity index (χ0v) is 16.2. The summed E-state index contributed by atoms with van der Waals surface area (Å²) < 4.78 is 41.0. The Bertz CT molecular complexity index is 1120. The summed E-state index contributed by atoms with van der Waals surface area (Å²) in [6, 6.07) is 12.1. The summed E-state index contributed by atoms with van der Waals surface area (Å²) in [5, 5.41) is 0. The highest BCUT2D eigenvalue weighted by atomic mass is 19.4. The maximum atomic E-state index is 13.4. The Morgan fingerprint density at radius 3 is 2.48 bits per heavy atom. The van der Waals surface area contributed by atoms with E-state index in [1.54, 1.807) is 25.1 Å². The molecule has 0 N–H and O–H groups in total. The predicted molar refractivity (Wildman–Crippen MR) is 105 cm³/mol. The lowest BCUT2D eigenvalue weighted by Gasteiger charge is -2.27. The molecule has 0 aliphatic rings. The van der Waals surface area contributed by atoms with Gasteiger partial charge in [0, 0.05) is 12.2 Å². The fraction of sp³-hybridized carbons (Fsp3) is 0.286. The van der Waals surface area contributed by atoms with E-state index in [0.717, 1.165) is 10.1 Å². The molecule has 0 unspecified atom stereocenters. The van der Waals surface area contributed by atoms with Crippen molar-refractivity contribution in [3.63, 3.8) is 0 Å². The van der Waals surface area contributed by atoms with Crippen molar-refractivity contribution >= 4 is 22.6 Å². The standard InChI is InChI=1S/C21H20F3N3O2/c1-4-26(15-9-7-8-13(2)12-15)19(28)14(3)27-17-11-6-5-10-16(17)25-18(20(27)29)21(22,23)24/h5-12,14H,4H2,1-3H3/t14-/m0/s1. The second-order valence-electron chi connectivity index (χ2n) is 6.72. The number of rotatable bonds is 4. The summed E-state index contributed by atoms with van der Waals surface area (Å²) in [6.07, 6.45) is -4.92. The van der Waals surface area contributed by atoms with Gasteiger partial charge in [-0.05, 0) is 50.6 Å². The molecule has 5 nitrogen and oxygen atoms in total. The van der Waals surface area contributed by atoms with E-state index in [4.69, 9.17) is 0 Å². The fourth-order valence-electron chi connectivity index (χ4n) is 3.32. The third kappa shape index (κ3) is 3.87. The second kappa shape index (κ2) is 7.69. The molecule has 0 spiro atoms. The van der Waals surface area contributed by atoms with E-state index in [9.17, 15) is 22.8 Å². The van der Waals surface area contributed by atoms with Crippen LogP contribution in [-0.4, -0.2) is 22.0 Å². The zero-order chi connectivity index (χ0) is 21.3. The molecule has 1 amide bonds. The van der Waals surface area contributed by atoms with E-state index in [0.29, 0.717) is 12.2 Å². The van der Waals surface area contributed by atoms with Crippen LogP contribution >= 0.6 is 0 Å². The molecule has 0 aliphatic heterocycles. The van der Waals surface area contributed by atoms with Crippen molar-refractivity contribution in [3.05, 3.63) is 70.1 Å². The summed E-state index contributed by atoms with van der Waals surface area (Å²) >= 11 is 0. The lowest BCUT2D eigenvalue weighted by molar-refractivity contribution is -0.142. The van der Waals surface area contributed by atoms with Gasteiger partial charge in [-0.3, -0.25) is 14.2 Å². The minimum Gasteiger partial charge on any atom is -0.311 e. The average Bonchev–Trinajstić information content (AvgIpc) is 2.66. The molecule has 0 saturated heterocycles. The molecule has 2 aromatic carbocycles. The topological polar surface area (TPSA) is 55.2 Å². The smallest absolute Gasteiger partial charge is 0.311 e. The summed E-state index contributed by atoms with van der Waals surface area (Å²) in [5.74, 6) is -0.482. The van der Waals surface area contributed by atoms with Gasteiger partial charge in [-0.25, -0.2) is 4.98 Å². The van der Waals surface area contributed by atoms with Crippen LogP contribution in [0.3, 0.4) is 0 Å². The lowest BCUT2D eigenvalue weighted by atomic mass is 10.1. The number of hydrogen-bond acceptors (Lipinski definition) is 3. The first kappa shape index (κ1) is 20.6. The first-order chi connectivity index (χ1) is 13.6. The van der Waals surface area contributed by atoms with Gasteiger partial charge in [0.1, 0.15) is 6.04 Å². The van der Waals surface area contributed by atoms with Crippen molar-refractivity contribution in [2.24, 2.45) is 0 Å². The highest BCUT2D eigenvalue weighted by Crippen LogP contribution is 2.28. The second-order valence-corrected chi connectivity index (χ2v) is 6.72. The van der Waals surface area contributed by atoms with Crippen molar-refractivity contribution < 1.29 is 18.0 Å². The number of aryl methyl sites for hydroxylation is 1. The van der Waals surface area contributed by atoms with Crippen LogP contribution < -0.4 is 10.5 Å². The Kier molecular flexibility index (Phi) is 5.46. The number of hydrogen-bond donors (Lipinski definition) is 0. The highest BCUT2D eigenvalue weighted by molar-refractivity contribution is 5.96. The van der Waals surface area contributed by atoms with Gasteiger partial charge in [0.25, 0.3) is 5.56 Å². The monoisotopic (exact) mass is 403 g/mol. The number of carbonyl (C=O) groups is 1. The molecule has 0 bridgehead atoms. The molecule has 3 rings (SSSR count). The van der Waals surface area contributed by atoms with Gasteiger partial charge in [0.15, 0.2) is 0 Å². The SMILES string of the molecule is CCN(C(=O)[C@H](C)n1c(=O)c(C(F)(F)F)nc2ccccc21)c1cccc(C)c1. The van der Waals surface area contributed by atoms with Gasteiger partial charge in [-0.2, -0.15) is 13.2 Å². The fourth-order valence-corrected chi connectivity index (χ4v) is 3.32. The van der Waals surface area contributed by atoms with Gasteiger partial charge in [-0.1, -0.05) is 24.3 Å². The van der Waals surface area contributed by atoms with Gasteiger partial charge < -0.3 is 4.90 Å². The number of benzene rings is 2. The molecule has 1 aromatic heterocycles. The van der Waals surface area contributed by atoms with E-state index in [1.807, 2.05) is 19.1 Å². The number of nitrogens with zero attached hydrogens (tertiary/aromatic N) is 3. The molecule has 8 heteroatoms. The lowest BCUT2D eigenvalue weighted by Crippen LogP contribution is -2.41. The van der Waals surface area contributed by atoms with Crippen LogP contribution in [0.5, 0.6) is 0 Å². The molecule has 1 atom stereocenters. The average molecular weight is 403 g/mol. The molecule has 1 heterocycles. The van der Waals surface area contributed by atoms with Crippen molar-refractivity contribution in [1.29, 1.82) is 0 Å². The number of amides is 1.